The first-order valence-corrected chi connectivity index (χ1v) is 8.92. The van der Waals surface area contributed by atoms with Crippen LogP contribution in [0.4, 0.5) is 0 Å². The molecule has 3 rings (SSSR count). The first-order valence-electron chi connectivity index (χ1n) is 7.44. The van der Waals surface area contributed by atoms with Crippen LogP contribution in [0.25, 0.3) is 16.8 Å². The molecule has 3 nitrogen and oxygen atoms in total. The van der Waals surface area contributed by atoms with E-state index in [4.69, 9.17) is 0 Å². The van der Waals surface area contributed by atoms with Gasteiger partial charge in [-0.3, -0.25) is 0 Å². The van der Waals surface area contributed by atoms with Crippen LogP contribution in [-0.2, 0) is 9.84 Å². The van der Waals surface area contributed by atoms with Gasteiger partial charge in [-0.05, 0) is 41.5 Å². The van der Waals surface area contributed by atoms with Crippen LogP contribution >= 0.6 is 0 Å². The number of rotatable bonds is 3. The molecule has 0 aliphatic carbocycles. The largest absolute Gasteiger partial charge is 0.218 e. The van der Waals surface area contributed by atoms with Crippen LogP contribution in [0.15, 0.2) is 76.5 Å². The standard InChI is InChI=1S/C20H15NO2S/c1-15-9-11-18(12-10-15)24(22,23)19(14-21)13-17-7-4-6-16-5-2-3-8-20(16)17/h2-13H,1H3/b19-13-. The number of hydrogen-bond donors (Lipinski definition) is 0. The van der Waals surface area contributed by atoms with Crippen molar-refractivity contribution in [3.8, 4) is 6.07 Å². The highest BCUT2D eigenvalue weighted by Gasteiger charge is 2.20. The fraction of sp³-hybridized carbons (Fsp3) is 0.0500. The summed E-state index contributed by atoms with van der Waals surface area (Å²) in [4.78, 5) is -0.135. The van der Waals surface area contributed by atoms with Crippen molar-refractivity contribution in [1.82, 2.24) is 0 Å². The van der Waals surface area contributed by atoms with Gasteiger partial charge < -0.3 is 0 Å². The van der Waals surface area contributed by atoms with Crippen molar-refractivity contribution in [3.05, 3.63) is 82.8 Å². The van der Waals surface area contributed by atoms with E-state index in [0.717, 1.165) is 16.3 Å². The second-order valence-corrected chi connectivity index (χ2v) is 7.42. The molecule has 24 heavy (non-hydrogen) atoms. The van der Waals surface area contributed by atoms with Crippen LogP contribution in [0.5, 0.6) is 0 Å². The van der Waals surface area contributed by atoms with Gasteiger partial charge in [-0.15, -0.1) is 0 Å². The molecule has 0 saturated carbocycles. The zero-order valence-electron chi connectivity index (χ0n) is 13.1. The van der Waals surface area contributed by atoms with Crippen LogP contribution in [0, 0.1) is 18.3 Å². The summed E-state index contributed by atoms with van der Waals surface area (Å²) in [7, 11) is -3.83. The first kappa shape index (κ1) is 16.0. The Balaban J connectivity index is 2.16. The molecule has 0 N–H and O–H groups in total. The van der Waals surface area contributed by atoms with E-state index in [2.05, 4.69) is 0 Å². The second kappa shape index (κ2) is 6.31. The zero-order valence-corrected chi connectivity index (χ0v) is 13.9. The van der Waals surface area contributed by atoms with Crippen LogP contribution in [0.3, 0.4) is 0 Å². The Bertz CT molecular complexity index is 1070. The number of fused-ring (bicyclic) bond motifs is 1. The first-order chi connectivity index (χ1) is 11.5. The van der Waals surface area contributed by atoms with E-state index in [1.54, 1.807) is 12.1 Å². The summed E-state index contributed by atoms with van der Waals surface area (Å²) < 4.78 is 25.4. The average molecular weight is 333 g/mol. The summed E-state index contributed by atoms with van der Waals surface area (Å²) >= 11 is 0. The molecule has 0 saturated heterocycles. The molecule has 0 aromatic heterocycles. The predicted molar refractivity (Wildman–Crippen MR) is 95.9 cm³/mol. The summed E-state index contributed by atoms with van der Waals surface area (Å²) in [6.45, 7) is 1.88. The van der Waals surface area contributed by atoms with Gasteiger partial charge in [-0.25, -0.2) is 8.42 Å². The number of aryl methyl sites for hydroxylation is 1. The zero-order chi connectivity index (χ0) is 17.2. The van der Waals surface area contributed by atoms with Gasteiger partial charge in [0.2, 0.25) is 9.84 Å². The van der Waals surface area contributed by atoms with Gasteiger partial charge in [0.05, 0.1) is 4.90 Å². The SMILES string of the molecule is Cc1ccc(S(=O)(=O)/C(C#N)=C\c2cccc3ccccc23)cc1. The highest BCUT2D eigenvalue weighted by Crippen LogP contribution is 2.25. The van der Waals surface area contributed by atoms with Crippen molar-refractivity contribution in [1.29, 1.82) is 5.26 Å². The number of nitrogens with zero attached hydrogens (tertiary/aromatic N) is 1. The van der Waals surface area contributed by atoms with Crippen molar-refractivity contribution >= 4 is 26.7 Å². The lowest BCUT2D eigenvalue weighted by molar-refractivity contribution is 0.603. The highest BCUT2D eigenvalue weighted by molar-refractivity contribution is 7.95. The minimum Gasteiger partial charge on any atom is -0.218 e. The highest BCUT2D eigenvalue weighted by atomic mass is 32.2. The maximum absolute atomic E-state index is 12.7. The molecule has 0 aliphatic heterocycles. The van der Waals surface area contributed by atoms with Gasteiger partial charge >= 0.3 is 0 Å². The molecule has 0 bridgehead atoms. The molecule has 0 spiro atoms. The van der Waals surface area contributed by atoms with Crippen LogP contribution in [-0.4, -0.2) is 8.42 Å². The molecule has 0 unspecified atom stereocenters. The van der Waals surface area contributed by atoms with Crippen LogP contribution < -0.4 is 0 Å². The van der Waals surface area contributed by atoms with Gasteiger partial charge in [0.1, 0.15) is 11.0 Å². The van der Waals surface area contributed by atoms with E-state index >= 15 is 0 Å². The van der Waals surface area contributed by atoms with E-state index in [1.807, 2.05) is 55.5 Å². The second-order valence-electron chi connectivity index (χ2n) is 5.51. The molecule has 0 fully saturated rings. The van der Waals surface area contributed by atoms with Gasteiger partial charge in [-0.2, -0.15) is 5.26 Å². The molecule has 0 radical (unpaired) electrons. The molecule has 0 heterocycles. The van der Waals surface area contributed by atoms with E-state index in [0.29, 0.717) is 5.56 Å². The summed E-state index contributed by atoms with van der Waals surface area (Å²) in [6.07, 6.45) is 1.44. The van der Waals surface area contributed by atoms with Crippen molar-refractivity contribution in [2.75, 3.05) is 0 Å². The normalized spacial score (nSPS) is 12.1. The number of hydrogen-bond acceptors (Lipinski definition) is 3. The van der Waals surface area contributed by atoms with E-state index in [1.165, 1.54) is 18.2 Å². The molecular formula is C20H15NO2S. The molecule has 118 valence electrons. The number of nitriles is 1. The van der Waals surface area contributed by atoms with Gasteiger partial charge in [0, 0.05) is 0 Å². The molecular weight excluding hydrogens is 318 g/mol. The van der Waals surface area contributed by atoms with E-state index < -0.39 is 9.84 Å². The summed E-state index contributed by atoms with van der Waals surface area (Å²) in [6, 6.07) is 21.6. The molecule has 0 atom stereocenters. The maximum Gasteiger partial charge on any atom is 0.216 e. The fourth-order valence-electron chi connectivity index (χ4n) is 2.53. The third kappa shape index (κ3) is 2.94. The Morgan fingerprint density at radius 1 is 0.958 bits per heavy atom. The Labute approximate surface area is 141 Å². The fourth-order valence-corrected chi connectivity index (χ4v) is 3.68. The number of benzene rings is 3. The lowest BCUT2D eigenvalue weighted by Crippen LogP contribution is -2.03. The summed E-state index contributed by atoms with van der Waals surface area (Å²) in [5.74, 6) is 0. The van der Waals surface area contributed by atoms with E-state index in [-0.39, 0.29) is 9.80 Å². The van der Waals surface area contributed by atoms with Gasteiger partial charge in [0.15, 0.2) is 0 Å². The Hall–Kier alpha value is -2.90. The lowest BCUT2D eigenvalue weighted by Gasteiger charge is -2.06. The third-order valence-electron chi connectivity index (χ3n) is 3.84. The lowest BCUT2D eigenvalue weighted by atomic mass is 10.0. The molecule has 3 aromatic rings. The number of allylic oxidation sites excluding steroid dienone is 1. The Morgan fingerprint density at radius 2 is 1.62 bits per heavy atom. The Kier molecular flexibility index (Phi) is 4.20. The maximum atomic E-state index is 12.7. The van der Waals surface area contributed by atoms with E-state index in [9.17, 15) is 13.7 Å². The van der Waals surface area contributed by atoms with Crippen LogP contribution in [0.1, 0.15) is 11.1 Å². The monoisotopic (exact) mass is 333 g/mol. The van der Waals surface area contributed by atoms with Crippen molar-refractivity contribution < 1.29 is 8.42 Å². The minimum atomic E-state index is -3.83. The minimum absolute atomic E-state index is 0.126. The number of sulfone groups is 1. The summed E-state index contributed by atoms with van der Waals surface area (Å²) in [5, 5.41) is 11.3. The average Bonchev–Trinajstić information content (AvgIpc) is 2.60. The van der Waals surface area contributed by atoms with Crippen molar-refractivity contribution in [2.24, 2.45) is 0 Å². The molecule has 3 aromatic carbocycles. The smallest absolute Gasteiger partial charge is 0.216 e. The Morgan fingerprint density at radius 3 is 2.33 bits per heavy atom. The third-order valence-corrected chi connectivity index (χ3v) is 5.52. The van der Waals surface area contributed by atoms with Crippen molar-refractivity contribution in [2.45, 2.75) is 11.8 Å². The van der Waals surface area contributed by atoms with Gasteiger partial charge in [0.25, 0.3) is 0 Å². The quantitative estimate of drug-likeness (QED) is 0.664. The predicted octanol–water partition coefficient (Wildman–Crippen LogP) is 4.49. The van der Waals surface area contributed by atoms with Crippen LogP contribution in [0.2, 0.25) is 0 Å². The molecule has 4 heteroatoms. The summed E-state index contributed by atoms with van der Waals surface area (Å²) in [5.41, 5.74) is 1.67. The molecule has 0 aliphatic rings. The van der Waals surface area contributed by atoms with Gasteiger partial charge in [-0.1, -0.05) is 60.2 Å². The molecule has 0 amide bonds. The van der Waals surface area contributed by atoms with Crippen molar-refractivity contribution in [3.63, 3.8) is 0 Å². The topological polar surface area (TPSA) is 57.9 Å².